The number of rotatable bonds is 7. The smallest absolute Gasteiger partial charge is 0.252 e. The van der Waals surface area contributed by atoms with Crippen LogP contribution in [0.25, 0.3) is 10.8 Å². The Morgan fingerprint density at radius 2 is 1.62 bits per heavy atom. The van der Waals surface area contributed by atoms with Crippen LogP contribution in [0.1, 0.15) is 12.0 Å². The lowest BCUT2D eigenvalue weighted by Gasteiger charge is -2.27. The van der Waals surface area contributed by atoms with Crippen molar-refractivity contribution in [1.82, 2.24) is 4.31 Å². The van der Waals surface area contributed by atoms with Gasteiger partial charge in [0.05, 0.1) is 17.0 Å². The van der Waals surface area contributed by atoms with E-state index in [1.54, 1.807) is 30.3 Å². The van der Waals surface area contributed by atoms with E-state index in [1.165, 1.54) is 18.2 Å². The first-order valence-corrected chi connectivity index (χ1v) is 13.4. The summed E-state index contributed by atoms with van der Waals surface area (Å²) in [5.41, 5.74) is 0.982. The van der Waals surface area contributed by atoms with Gasteiger partial charge in [0.1, 0.15) is 11.9 Å². The van der Waals surface area contributed by atoms with Crippen molar-refractivity contribution in [2.45, 2.75) is 23.8 Å². The van der Waals surface area contributed by atoms with Crippen molar-refractivity contribution in [2.24, 2.45) is 0 Å². The molecule has 4 aromatic carbocycles. The van der Waals surface area contributed by atoms with Gasteiger partial charge < -0.3 is 0 Å². The molecule has 4 aromatic rings. The Morgan fingerprint density at radius 3 is 2.35 bits per heavy atom. The summed E-state index contributed by atoms with van der Waals surface area (Å²) in [5.74, 6) is -1.74. The number of fused-ring (bicyclic) bond motifs is 1. The predicted molar refractivity (Wildman–Crippen MR) is 140 cm³/mol. The van der Waals surface area contributed by atoms with Crippen molar-refractivity contribution in [1.29, 1.82) is 0 Å². The lowest BCUT2D eigenvalue weighted by Crippen LogP contribution is -2.46. The van der Waals surface area contributed by atoms with Crippen LogP contribution in [0.15, 0.2) is 95.9 Å². The first-order valence-electron chi connectivity index (χ1n) is 11.6. The molecule has 0 saturated carbocycles. The van der Waals surface area contributed by atoms with Gasteiger partial charge >= 0.3 is 0 Å². The minimum atomic E-state index is -4.18. The standard InChI is InChI=1S/C28H22ClFN2O4S/c29-22-7-3-4-19(16-22)14-15-31(37(35,36)25-13-8-20-5-1-2-6-21(20)17-25)26-18-27(33)32(28(26)34)24-11-9-23(30)10-12-24/h1-13,16-17,26H,14-15,18H2. The Morgan fingerprint density at radius 1 is 0.892 bits per heavy atom. The summed E-state index contributed by atoms with van der Waals surface area (Å²) in [4.78, 5) is 27.3. The molecule has 37 heavy (non-hydrogen) atoms. The van der Waals surface area contributed by atoms with Gasteiger partial charge in [-0.3, -0.25) is 9.59 Å². The lowest BCUT2D eigenvalue weighted by atomic mass is 10.1. The maximum atomic E-state index is 14.0. The van der Waals surface area contributed by atoms with E-state index in [2.05, 4.69) is 0 Å². The summed E-state index contributed by atoms with van der Waals surface area (Å²) in [7, 11) is -4.18. The fraction of sp³-hybridized carbons (Fsp3) is 0.143. The number of sulfonamides is 1. The molecule has 2 amide bonds. The molecule has 5 rings (SSSR count). The highest BCUT2D eigenvalue weighted by Gasteiger charge is 2.46. The van der Waals surface area contributed by atoms with Crippen LogP contribution in [0, 0.1) is 5.82 Å². The predicted octanol–water partition coefficient (Wildman–Crippen LogP) is 5.20. The molecule has 1 fully saturated rings. The van der Waals surface area contributed by atoms with Gasteiger partial charge in [-0.1, -0.05) is 54.1 Å². The molecule has 1 aliphatic rings. The third kappa shape index (κ3) is 5.00. The number of hydrogen-bond donors (Lipinski definition) is 0. The number of carbonyl (C=O) groups excluding carboxylic acids is 2. The first kappa shape index (κ1) is 25.1. The van der Waals surface area contributed by atoms with Gasteiger partial charge in [0.25, 0.3) is 5.91 Å². The summed E-state index contributed by atoms with van der Waals surface area (Å²) < 4.78 is 42.5. The van der Waals surface area contributed by atoms with Crippen molar-refractivity contribution in [3.8, 4) is 0 Å². The number of anilines is 1. The number of nitrogens with zero attached hydrogens (tertiary/aromatic N) is 2. The zero-order valence-electron chi connectivity index (χ0n) is 19.6. The normalized spacial score (nSPS) is 16.2. The molecule has 1 heterocycles. The Bertz CT molecular complexity index is 1610. The van der Waals surface area contributed by atoms with Crippen molar-refractivity contribution >= 4 is 49.9 Å². The summed E-state index contributed by atoms with van der Waals surface area (Å²) in [5, 5.41) is 2.12. The van der Waals surface area contributed by atoms with Gasteiger partial charge in [-0.15, -0.1) is 0 Å². The Balaban J connectivity index is 1.53. The molecule has 0 N–H and O–H groups in total. The molecule has 1 unspecified atom stereocenters. The highest BCUT2D eigenvalue weighted by Crippen LogP contribution is 2.31. The molecule has 0 aromatic heterocycles. The van der Waals surface area contributed by atoms with E-state index < -0.39 is 33.7 Å². The zero-order valence-corrected chi connectivity index (χ0v) is 21.1. The van der Waals surface area contributed by atoms with Crippen LogP contribution in [-0.2, 0) is 26.0 Å². The molecule has 9 heteroatoms. The van der Waals surface area contributed by atoms with Crippen LogP contribution in [0.5, 0.6) is 0 Å². The highest BCUT2D eigenvalue weighted by atomic mass is 35.5. The first-order chi connectivity index (χ1) is 17.7. The zero-order chi connectivity index (χ0) is 26.2. The molecule has 1 atom stereocenters. The average Bonchev–Trinajstić information content (AvgIpc) is 3.17. The summed E-state index contributed by atoms with van der Waals surface area (Å²) in [6.07, 6.45) is -0.0412. The van der Waals surface area contributed by atoms with Gasteiger partial charge in [-0.05, 0) is 71.3 Å². The minimum Gasteiger partial charge on any atom is -0.274 e. The Kier molecular flexibility index (Phi) is 6.81. The van der Waals surface area contributed by atoms with E-state index in [4.69, 9.17) is 11.6 Å². The molecule has 0 spiro atoms. The molecule has 0 radical (unpaired) electrons. The Hall–Kier alpha value is -3.59. The second kappa shape index (κ2) is 10.0. The van der Waals surface area contributed by atoms with E-state index in [9.17, 15) is 22.4 Å². The van der Waals surface area contributed by atoms with Crippen LogP contribution in [0.4, 0.5) is 10.1 Å². The van der Waals surface area contributed by atoms with Crippen molar-refractivity contribution < 1.29 is 22.4 Å². The molecule has 188 valence electrons. The molecular weight excluding hydrogens is 515 g/mol. The van der Waals surface area contributed by atoms with E-state index in [0.29, 0.717) is 5.02 Å². The monoisotopic (exact) mass is 536 g/mol. The summed E-state index contributed by atoms with van der Waals surface area (Å²) in [6, 6.07) is 22.9. The second-order valence-electron chi connectivity index (χ2n) is 8.77. The quantitative estimate of drug-likeness (QED) is 0.304. The number of benzene rings is 4. The number of carbonyl (C=O) groups is 2. The van der Waals surface area contributed by atoms with Gasteiger partial charge in [0.15, 0.2) is 0 Å². The number of halogens is 2. The van der Waals surface area contributed by atoms with Gasteiger partial charge in [-0.2, -0.15) is 4.31 Å². The van der Waals surface area contributed by atoms with Crippen molar-refractivity contribution in [2.75, 3.05) is 11.4 Å². The van der Waals surface area contributed by atoms with Crippen molar-refractivity contribution in [3.05, 3.63) is 107 Å². The van der Waals surface area contributed by atoms with E-state index in [0.717, 1.165) is 37.7 Å². The summed E-state index contributed by atoms with van der Waals surface area (Å²) in [6.45, 7) is -0.0452. The van der Waals surface area contributed by atoms with Crippen LogP contribution in [-0.4, -0.2) is 37.1 Å². The molecule has 0 bridgehead atoms. The topological polar surface area (TPSA) is 74.8 Å². The number of hydrogen-bond acceptors (Lipinski definition) is 4. The second-order valence-corrected chi connectivity index (χ2v) is 11.1. The Labute approximate surface area is 218 Å². The summed E-state index contributed by atoms with van der Waals surface area (Å²) >= 11 is 6.10. The van der Waals surface area contributed by atoms with Crippen LogP contribution >= 0.6 is 11.6 Å². The molecule has 6 nitrogen and oxygen atoms in total. The SMILES string of the molecule is O=C1CC(N(CCc2cccc(Cl)c2)S(=O)(=O)c2ccc3ccccc3c2)C(=O)N1c1ccc(F)cc1. The molecule has 1 saturated heterocycles. The molecule has 1 aliphatic heterocycles. The number of amides is 2. The fourth-order valence-corrected chi connectivity index (χ4v) is 6.37. The highest BCUT2D eigenvalue weighted by molar-refractivity contribution is 7.89. The maximum absolute atomic E-state index is 14.0. The van der Waals surface area contributed by atoms with E-state index in [-0.39, 0.29) is 30.0 Å². The third-order valence-electron chi connectivity index (χ3n) is 6.39. The molecule has 0 aliphatic carbocycles. The maximum Gasteiger partial charge on any atom is 0.252 e. The van der Waals surface area contributed by atoms with Crippen LogP contribution in [0.3, 0.4) is 0 Å². The van der Waals surface area contributed by atoms with E-state index >= 15 is 0 Å². The van der Waals surface area contributed by atoms with Gasteiger partial charge in [0, 0.05) is 11.6 Å². The van der Waals surface area contributed by atoms with E-state index in [1.807, 2.05) is 30.3 Å². The van der Waals surface area contributed by atoms with Crippen molar-refractivity contribution in [3.63, 3.8) is 0 Å². The van der Waals surface area contributed by atoms with Crippen LogP contribution < -0.4 is 4.90 Å². The molecular formula is C28H22ClFN2O4S. The van der Waals surface area contributed by atoms with Gasteiger partial charge in [0.2, 0.25) is 15.9 Å². The largest absolute Gasteiger partial charge is 0.274 e. The minimum absolute atomic E-state index is 0.0257. The fourth-order valence-electron chi connectivity index (χ4n) is 4.54. The lowest BCUT2D eigenvalue weighted by molar-refractivity contribution is -0.122. The van der Waals surface area contributed by atoms with Gasteiger partial charge in [-0.25, -0.2) is 17.7 Å². The average molecular weight is 537 g/mol. The number of imide groups is 1. The third-order valence-corrected chi connectivity index (χ3v) is 8.53. The van der Waals surface area contributed by atoms with Crippen LogP contribution in [0.2, 0.25) is 5.02 Å².